The van der Waals surface area contributed by atoms with Crippen molar-refractivity contribution < 1.29 is 23.8 Å². The number of halogens is 1. The van der Waals surface area contributed by atoms with Crippen LogP contribution in [-0.2, 0) is 16.1 Å². The summed E-state index contributed by atoms with van der Waals surface area (Å²) in [5, 5.41) is 11.3. The number of hydrogen-bond donors (Lipinski definition) is 2. The molecular formula is C17H16FNO4. The van der Waals surface area contributed by atoms with Crippen molar-refractivity contribution in [2.45, 2.75) is 19.6 Å². The third-order valence-electron chi connectivity index (χ3n) is 3.16. The zero-order valence-electron chi connectivity index (χ0n) is 12.5. The standard InChI is InChI=1S/C17H16FNO4/c1-11(16(21)19-15-5-3-2-4-14(15)18)23-17(22)13-8-6-12(10-20)7-9-13/h2-9,11,20H,10H2,1H3,(H,19,21)/t11-/m1/s1. The Kier molecular flexibility index (Phi) is 5.43. The molecule has 23 heavy (non-hydrogen) atoms. The van der Waals surface area contributed by atoms with E-state index >= 15 is 0 Å². The Morgan fingerprint density at radius 2 is 1.83 bits per heavy atom. The predicted molar refractivity (Wildman–Crippen MR) is 82.3 cm³/mol. The lowest BCUT2D eigenvalue weighted by molar-refractivity contribution is -0.123. The zero-order chi connectivity index (χ0) is 16.8. The molecule has 2 rings (SSSR count). The lowest BCUT2D eigenvalue weighted by atomic mass is 10.1. The van der Waals surface area contributed by atoms with Gasteiger partial charge in [0.25, 0.3) is 5.91 Å². The van der Waals surface area contributed by atoms with Crippen molar-refractivity contribution in [3.8, 4) is 0 Å². The number of carbonyl (C=O) groups is 2. The molecule has 0 fully saturated rings. The average Bonchev–Trinajstić information content (AvgIpc) is 2.56. The molecule has 0 radical (unpaired) electrons. The summed E-state index contributed by atoms with van der Waals surface area (Å²) in [6.07, 6.45) is -1.08. The van der Waals surface area contributed by atoms with Gasteiger partial charge in [0, 0.05) is 0 Å². The number of ether oxygens (including phenoxy) is 1. The minimum atomic E-state index is -1.08. The van der Waals surface area contributed by atoms with Crippen molar-refractivity contribution in [3.05, 3.63) is 65.5 Å². The van der Waals surface area contributed by atoms with Gasteiger partial charge in [-0.05, 0) is 36.8 Å². The molecule has 0 aliphatic heterocycles. The molecule has 0 bridgehead atoms. The van der Waals surface area contributed by atoms with Gasteiger partial charge in [0.05, 0.1) is 17.9 Å². The van der Waals surface area contributed by atoms with E-state index < -0.39 is 23.8 Å². The van der Waals surface area contributed by atoms with Crippen LogP contribution in [0.5, 0.6) is 0 Å². The fraction of sp³-hybridized carbons (Fsp3) is 0.176. The van der Waals surface area contributed by atoms with Gasteiger partial charge in [-0.15, -0.1) is 0 Å². The molecule has 6 heteroatoms. The topological polar surface area (TPSA) is 75.6 Å². The predicted octanol–water partition coefficient (Wildman–Crippen LogP) is 2.50. The highest BCUT2D eigenvalue weighted by Crippen LogP contribution is 2.14. The van der Waals surface area contributed by atoms with Crippen LogP contribution in [0.15, 0.2) is 48.5 Å². The van der Waals surface area contributed by atoms with Crippen LogP contribution in [0.4, 0.5) is 10.1 Å². The van der Waals surface area contributed by atoms with Gasteiger partial charge in [-0.1, -0.05) is 24.3 Å². The highest BCUT2D eigenvalue weighted by atomic mass is 19.1. The van der Waals surface area contributed by atoms with Crippen molar-refractivity contribution in [2.24, 2.45) is 0 Å². The summed E-state index contributed by atoms with van der Waals surface area (Å²) in [5.41, 5.74) is 0.937. The molecule has 0 aliphatic rings. The van der Waals surface area contributed by atoms with E-state index in [4.69, 9.17) is 9.84 Å². The molecule has 2 aromatic rings. The summed E-state index contributed by atoms with van der Waals surface area (Å²) in [6.45, 7) is 1.27. The smallest absolute Gasteiger partial charge is 0.338 e. The van der Waals surface area contributed by atoms with Gasteiger partial charge in [-0.25, -0.2) is 9.18 Å². The van der Waals surface area contributed by atoms with E-state index in [9.17, 15) is 14.0 Å². The number of aliphatic hydroxyl groups excluding tert-OH is 1. The Morgan fingerprint density at radius 1 is 1.17 bits per heavy atom. The summed E-state index contributed by atoms with van der Waals surface area (Å²) in [5.74, 6) is -1.87. The summed E-state index contributed by atoms with van der Waals surface area (Å²) < 4.78 is 18.5. The third kappa shape index (κ3) is 4.37. The van der Waals surface area contributed by atoms with Crippen LogP contribution in [0.3, 0.4) is 0 Å². The monoisotopic (exact) mass is 317 g/mol. The summed E-state index contributed by atoms with van der Waals surface area (Å²) in [6, 6.07) is 11.9. The lowest BCUT2D eigenvalue weighted by Crippen LogP contribution is -2.30. The van der Waals surface area contributed by atoms with Crippen molar-refractivity contribution in [2.75, 3.05) is 5.32 Å². The maximum atomic E-state index is 13.5. The van der Waals surface area contributed by atoms with Crippen LogP contribution < -0.4 is 5.32 Å². The number of nitrogens with one attached hydrogen (secondary N) is 1. The molecule has 0 aromatic heterocycles. The van der Waals surface area contributed by atoms with Crippen molar-refractivity contribution in [1.82, 2.24) is 0 Å². The average molecular weight is 317 g/mol. The van der Waals surface area contributed by atoms with Gasteiger partial charge in [0.15, 0.2) is 6.10 Å². The Hall–Kier alpha value is -2.73. The van der Waals surface area contributed by atoms with Crippen LogP contribution in [-0.4, -0.2) is 23.1 Å². The highest BCUT2D eigenvalue weighted by Gasteiger charge is 2.19. The third-order valence-corrected chi connectivity index (χ3v) is 3.16. The largest absolute Gasteiger partial charge is 0.449 e. The van der Waals surface area contributed by atoms with E-state index in [2.05, 4.69) is 5.32 Å². The van der Waals surface area contributed by atoms with Gasteiger partial charge in [0.1, 0.15) is 5.82 Å². The number of hydrogen-bond acceptors (Lipinski definition) is 4. The van der Waals surface area contributed by atoms with Crippen LogP contribution in [0, 0.1) is 5.82 Å². The SMILES string of the molecule is C[C@@H](OC(=O)c1ccc(CO)cc1)C(=O)Nc1ccccc1F. The Balaban J connectivity index is 1.97. The van der Waals surface area contributed by atoms with Crippen molar-refractivity contribution in [3.63, 3.8) is 0 Å². The first-order valence-corrected chi connectivity index (χ1v) is 6.97. The normalized spacial score (nSPS) is 11.6. The van der Waals surface area contributed by atoms with Gasteiger partial charge in [0.2, 0.25) is 0 Å². The van der Waals surface area contributed by atoms with Crippen LogP contribution in [0.1, 0.15) is 22.8 Å². The van der Waals surface area contributed by atoms with Gasteiger partial charge < -0.3 is 15.2 Å². The van der Waals surface area contributed by atoms with E-state index in [0.717, 1.165) is 0 Å². The fourth-order valence-electron chi connectivity index (χ4n) is 1.83. The number of carbonyl (C=O) groups excluding carboxylic acids is 2. The molecule has 1 amide bonds. The van der Waals surface area contributed by atoms with Gasteiger partial charge in [-0.3, -0.25) is 4.79 Å². The van der Waals surface area contributed by atoms with Crippen molar-refractivity contribution >= 4 is 17.6 Å². The molecule has 0 saturated carbocycles. The highest BCUT2D eigenvalue weighted by molar-refractivity contribution is 5.97. The molecule has 0 heterocycles. The second-order valence-corrected chi connectivity index (χ2v) is 4.87. The second-order valence-electron chi connectivity index (χ2n) is 4.87. The molecule has 0 aliphatic carbocycles. The van der Waals surface area contributed by atoms with Crippen molar-refractivity contribution in [1.29, 1.82) is 0 Å². The molecule has 1 atom stereocenters. The first-order chi connectivity index (χ1) is 11.0. The van der Waals surface area contributed by atoms with E-state index in [0.29, 0.717) is 5.56 Å². The zero-order valence-corrected chi connectivity index (χ0v) is 12.5. The first kappa shape index (κ1) is 16.6. The van der Waals surface area contributed by atoms with E-state index in [1.807, 2.05) is 0 Å². The molecular weight excluding hydrogens is 301 g/mol. The molecule has 2 aromatic carbocycles. The van der Waals surface area contributed by atoms with E-state index in [-0.39, 0.29) is 17.9 Å². The first-order valence-electron chi connectivity index (χ1n) is 6.97. The molecule has 120 valence electrons. The quantitative estimate of drug-likeness (QED) is 0.831. The lowest BCUT2D eigenvalue weighted by Gasteiger charge is -2.14. The number of benzene rings is 2. The summed E-state index contributed by atoms with van der Waals surface area (Å²) >= 11 is 0. The molecule has 0 saturated heterocycles. The summed E-state index contributed by atoms with van der Waals surface area (Å²) in [4.78, 5) is 23.9. The minimum absolute atomic E-state index is 0.0210. The van der Waals surface area contributed by atoms with Crippen LogP contribution in [0.25, 0.3) is 0 Å². The maximum Gasteiger partial charge on any atom is 0.338 e. The van der Waals surface area contributed by atoms with Crippen LogP contribution >= 0.6 is 0 Å². The summed E-state index contributed by atoms with van der Waals surface area (Å²) in [7, 11) is 0. The number of para-hydroxylation sites is 1. The minimum Gasteiger partial charge on any atom is -0.449 e. The van der Waals surface area contributed by atoms with E-state index in [1.54, 1.807) is 18.2 Å². The Morgan fingerprint density at radius 3 is 2.43 bits per heavy atom. The van der Waals surface area contributed by atoms with E-state index in [1.165, 1.54) is 37.3 Å². The molecule has 5 nitrogen and oxygen atoms in total. The van der Waals surface area contributed by atoms with Crippen LogP contribution in [0.2, 0.25) is 0 Å². The number of rotatable bonds is 5. The Labute approximate surface area is 132 Å². The number of esters is 1. The number of amides is 1. The number of anilines is 1. The maximum absolute atomic E-state index is 13.5. The number of aliphatic hydroxyl groups is 1. The molecule has 0 unspecified atom stereocenters. The molecule has 2 N–H and O–H groups in total. The Bertz CT molecular complexity index is 700. The van der Waals surface area contributed by atoms with Gasteiger partial charge in [-0.2, -0.15) is 0 Å². The van der Waals surface area contributed by atoms with Gasteiger partial charge >= 0.3 is 5.97 Å². The second kappa shape index (κ2) is 7.51. The molecule has 0 spiro atoms. The fourth-order valence-corrected chi connectivity index (χ4v) is 1.83.